The van der Waals surface area contributed by atoms with Crippen LogP contribution in [0.5, 0.6) is 5.75 Å². The summed E-state index contributed by atoms with van der Waals surface area (Å²) in [6, 6.07) is 7.25. The number of nitrogens with zero attached hydrogens (tertiary/aromatic N) is 2. The van der Waals surface area contributed by atoms with Gasteiger partial charge in [0.2, 0.25) is 5.91 Å². The van der Waals surface area contributed by atoms with Crippen molar-refractivity contribution < 1.29 is 9.53 Å². The van der Waals surface area contributed by atoms with Gasteiger partial charge in [-0.25, -0.2) is 4.98 Å². The van der Waals surface area contributed by atoms with Gasteiger partial charge in [-0.15, -0.1) is 23.2 Å². The molecule has 2 aromatic rings. The van der Waals surface area contributed by atoms with E-state index in [4.69, 9.17) is 27.9 Å². The second-order valence-electron chi connectivity index (χ2n) is 5.84. The fraction of sp³-hybridized carbons (Fsp3) is 0.375. The largest absolute Gasteiger partial charge is 0.492 e. The monoisotopic (exact) mass is 353 g/mol. The Balaban J connectivity index is 1.56. The molecule has 122 valence electrons. The first-order valence-corrected chi connectivity index (χ1v) is 8.04. The fourth-order valence-electron chi connectivity index (χ4n) is 2.27. The van der Waals surface area contributed by atoms with Crippen LogP contribution < -0.4 is 10.1 Å². The highest BCUT2D eigenvalue weighted by Gasteiger charge is 2.67. The molecule has 1 aliphatic rings. The summed E-state index contributed by atoms with van der Waals surface area (Å²) < 4.78 is 6.65. The lowest BCUT2D eigenvalue weighted by Crippen LogP contribution is -2.25. The molecule has 0 aliphatic heterocycles. The number of ether oxygens (including phenoxy) is 1. The topological polar surface area (TPSA) is 56.1 Å². The molecule has 1 saturated carbocycles. The maximum Gasteiger partial charge on any atom is 0.233 e. The minimum atomic E-state index is -0.976. The molecule has 1 amide bonds. The molecule has 1 N–H and O–H groups in total. The molecule has 0 unspecified atom stereocenters. The summed E-state index contributed by atoms with van der Waals surface area (Å²) in [6.45, 7) is 2.97. The van der Waals surface area contributed by atoms with Crippen molar-refractivity contribution >= 4 is 34.8 Å². The van der Waals surface area contributed by atoms with Crippen LogP contribution in [-0.4, -0.2) is 26.4 Å². The maximum atomic E-state index is 12.3. The van der Waals surface area contributed by atoms with Gasteiger partial charge in [0.05, 0.1) is 18.3 Å². The number of halogens is 2. The van der Waals surface area contributed by atoms with Gasteiger partial charge < -0.3 is 14.6 Å². The lowest BCUT2D eigenvalue weighted by molar-refractivity contribution is -0.120. The number of hydrogen-bond acceptors (Lipinski definition) is 3. The van der Waals surface area contributed by atoms with Crippen molar-refractivity contribution in [3.8, 4) is 5.75 Å². The minimum absolute atomic E-state index is 0.182. The first-order valence-electron chi connectivity index (χ1n) is 7.29. The van der Waals surface area contributed by atoms with E-state index in [1.165, 1.54) is 0 Å². The van der Waals surface area contributed by atoms with E-state index in [-0.39, 0.29) is 5.91 Å². The number of alkyl halides is 2. The van der Waals surface area contributed by atoms with Crippen molar-refractivity contribution in [1.82, 2.24) is 9.55 Å². The quantitative estimate of drug-likeness (QED) is 0.808. The molecule has 23 heavy (non-hydrogen) atoms. The number of aromatic nitrogens is 2. The van der Waals surface area contributed by atoms with E-state index >= 15 is 0 Å². The zero-order chi connectivity index (χ0) is 16.5. The smallest absolute Gasteiger partial charge is 0.233 e. The molecule has 5 nitrogen and oxygen atoms in total. The molecule has 0 spiro atoms. The Bertz CT molecular complexity index is 703. The van der Waals surface area contributed by atoms with Gasteiger partial charge in [0.15, 0.2) is 0 Å². The van der Waals surface area contributed by atoms with Gasteiger partial charge in [0.25, 0.3) is 0 Å². The number of amides is 1. The minimum Gasteiger partial charge on any atom is -0.492 e. The van der Waals surface area contributed by atoms with E-state index in [2.05, 4.69) is 10.3 Å². The number of carbonyl (C=O) groups excluding carboxylic acids is 1. The second kappa shape index (κ2) is 6.06. The molecule has 1 aromatic heterocycles. The highest BCUT2D eigenvalue weighted by Crippen LogP contribution is 2.64. The summed E-state index contributed by atoms with van der Waals surface area (Å²) >= 11 is 12.1. The van der Waals surface area contributed by atoms with Crippen LogP contribution in [0.2, 0.25) is 0 Å². The Morgan fingerprint density at radius 1 is 1.48 bits per heavy atom. The zero-order valence-electron chi connectivity index (χ0n) is 12.6. The molecule has 7 heteroatoms. The summed E-state index contributed by atoms with van der Waals surface area (Å²) in [5, 5.41) is 2.84. The van der Waals surface area contributed by atoms with Gasteiger partial charge in [0.1, 0.15) is 16.7 Å². The van der Waals surface area contributed by atoms with Crippen LogP contribution in [0, 0.1) is 5.41 Å². The Morgan fingerprint density at radius 2 is 2.26 bits per heavy atom. The molecule has 1 aromatic carbocycles. The zero-order valence-corrected chi connectivity index (χ0v) is 14.1. The molecule has 1 fully saturated rings. The molecule has 0 radical (unpaired) electrons. The van der Waals surface area contributed by atoms with Crippen molar-refractivity contribution in [3.63, 3.8) is 0 Å². The second-order valence-corrected chi connectivity index (χ2v) is 7.33. The van der Waals surface area contributed by atoms with Gasteiger partial charge in [-0.1, -0.05) is 6.07 Å². The highest BCUT2D eigenvalue weighted by molar-refractivity contribution is 6.53. The van der Waals surface area contributed by atoms with Crippen LogP contribution in [0.15, 0.2) is 43.0 Å². The SMILES string of the molecule is C[C@@]1(C(=O)Nc2cccc(OCCn3ccnc3)c2)CC1(Cl)Cl. The summed E-state index contributed by atoms with van der Waals surface area (Å²) in [5.41, 5.74) is -0.0821. The molecule has 3 rings (SSSR count). The average molecular weight is 354 g/mol. The molecule has 1 atom stereocenters. The lowest BCUT2D eigenvalue weighted by atomic mass is 10.1. The summed E-state index contributed by atoms with van der Waals surface area (Å²) in [4.78, 5) is 16.2. The Kier molecular flexibility index (Phi) is 4.25. The van der Waals surface area contributed by atoms with E-state index in [1.807, 2.05) is 22.9 Å². The number of imidazole rings is 1. The molecule has 1 aliphatic carbocycles. The highest BCUT2D eigenvalue weighted by atomic mass is 35.5. The molecular weight excluding hydrogens is 337 g/mol. The summed E-state index contributed by atoms with van der Waals surface area (Å²) in [7, 11) is 0. The van der Waals surface area contributed by atoms with E-state index in [0.717, 1.165) is 0 Å². The first kappa shape index (κ1) is 16.1. The van der Waals surface area contributed by atoms with E-state index < -0.39 is 9.75 Å². The number of anilines is 1. The van der Waals surface area contributed by atoms with Gasteiger partial charge >= 0.3 is 0 Å². The van der Waals surface area contributed by atoms with Crippen molar-refractivity contribution in [2.75, 3.05) is 11.9 Å². The van der Waals surface area contributed by atoms with Crippen LogP contribution in [0.4, 0.5) is 5.69 Å². The standard InChI is InChI=1S/C16H17Cl2N3O2/c1-15(10-16(15,17)18)14(22)20-12-3-2-4-13(9-12)23-8-7-21-6-5-19-11-21/h2-6,9,11H,7-8,10H2,1H3,(H,20,22)/t15-/m0/s1. The van der Waals surface area contributed by atoms with Crippen LogP contribution in [0.3, 0.4) is 0 Å². The molecule has 0 bridgehead atoms. The van der Waals surface area contributed by atoms with Gasteiger partial charge in [-0.2, -0.15) is 0 Å². The molecular formula is C16H17Cl2N3O2. The normalized spacial score (nSPS) is 21.7. The third-order valence-corrected chi connectivity index (χ3v) is 5.13. The molecule has 0 saturated heterocycles. The van der Waals surface area contributed by atoms with Crippen molar-refractivity contribution in [2.45, 2.75) is 24.2 Å². The Morgan fingerprint density at radius 3 is 2.91 bits per heavy atom. The Hall–Kier alpha value is -1.72. The third-order valence-electron chi connectivity index (χ3n) is 4.03. The maximum absolute atomic E-state index is 12.3. The van der Waals surface area contributed by atoms with Crippen LogP contribution in [-0.2, 0) is 11.3 Å². The van der Waals surface area contributed by atoms with Gasteiger partial charge in [-0.05, 0) is 25.5 Å². The third kappa shape index (κ3) is 3.46. The number of nitrogens with one attached hydrogen (secondary N) is 1. The predicted octanol–water partition coefficient (Wildman–Crippen LogP) is 3.48. The van der Waals surface area contributed by atoms with Crippen LogP contribution in [0.1, 0.15) is 13.3 Å². The summed E-state index contributed by atoms with van der Waals surface area (Å²) in [5.74, 6) is 0.505. The number of hydrogen-bond donors (Lipinski definition) is 1. The lowest BCUT2D eigenvalue weighted by Gasteiger charge is -2.13. The first-order chi connectivity index (χ1) is 10.9. The number of carbonyl (C=O) groups is 1. The van der Waals surface area contributed by atoms with Crippen molar-refractivity contribution in [1.29, 1.82) is 0 Å². The van der Waals surface area contributed by atoms with Gasteiger partial charge in [0, 0.05) is 24.1 Å². The van der Waals surface area contributed by atoms with Crippen molar-refractivity contribution in [3.05, 3.63) is 43.0 Å². The van der Waals surface area contributed by atoms with E-state index in [9.17, 15) is 4.79 Å². The Labute approximate surface area is 144 Å². The predicted molar refractivity (Wildman–Crippen MR) is 90.0 cm³/mol. The summed E-state index contributed by atoms with van der Waals surface area (Å²) in [6.07, 6.45) is 5.79. The molecule has 1 heterocycles. The van der Waals surface area contributed by atoms with Gasteiger partial charge in [-0.3, -0.25) is 4.79 Å². The van der Waals surface area contributed by atoms with Crippen LogP contribution in [0.25, 0.3) is 0 Å². The van der Waals surface area contributed by atoms with E-state index in [0.29, 0.717) is 31.0 Å². The number of rotatable bonds is 6. The van der Waals surface area contributed by atoms with Crippen LogP contribution >= 0.6 is 23.2 Å². The fourth-order valence-corrected chi connectivity index (χ4v) is 2.97. The van der Waals surface area contributed by atoms with E-state index in [1.54, 1.807) is 31.6 Å². The number of benzene rings is 1. The van der Waals surface area contributed by atoms with Crippen molar-refractivity contribution in [2.24, 2.45) is 5.41 Å². The average Bonchev–Trinajstić information content (AvgIpc) is 2.87.